The average Bonchev–Trinajstić information content (AvgIpc) is 3.24. The van der Waals surface area contributed by atoms with Gasteiger partial charge in [0.25, 0.3) is 5.91 Å². The van der Waals surface area contributed by atoms with Crippen LogP contribution in [-0.4, -0.2) is 74.8 Å². The summed E-state index contributed by atoms with van der Waals surface area (Å²) in [5.41, 5.74) is 1.03. The van der Waals surface area contributed by atoms with Crippen molar-refractivity contribution in [2.24, 2.45) is 5.92 Å². The Morgan fingerprint density at radius 1 is 1.22 bits per heavy atom. The molecule has 4 rings (SSSR count). The molecule has 2 amide bonds. The quantitative estimate of drug-likeness (QED) is 0.658. The smallest absolute Gasteiger partial charge is 0.262 e. The molecule has 3 heterocycles. The van der Waals surface area contributed by atoms with Crippen LogP contribution in [-0.2, 0) is 19.6 Å². The fourth-order valence-electron chi connectivity index (χ4n) is 4.90. The first-order valence-corrected chi connectivity index (χ1v) is 12.8. The van der Waals surface area contributed by atoms with Crippen LogP contribution in [0.2, 0.25) is 0 Å². The molecule has 0 aromatic heterocycles. The molecule has 9 nitrogen and oxygen atoms in total. The molecule has 2 fully saturated rings. The highest BCUT2D eigenvalue weighted by molar-refractivity contribution is 7.89. The Morgan fingerprint density at radius 2 is 1.97 bits per heavy atom. The number of hydrogen-bond donors (Lipinski definition) is 2. The van der Waals surface area contributed by atoms with Crippen molar-refractivity contribution in [3.05, 3.63) is 17.7 Å². The molecular weight excluding hydrogens is 432 g/mol. The van der Waals surface area contributed by atoms with E-state index in [0.717, 1.165) is 19.5 Å². The Bertz CT molecular complexity index is 988. The molecule has 0 saturated carbocycles. The predicted octanol–water partition coefficient (Wildman–Crippen LogP) is 1.33. The normalized spacial score (nSPS) is 22.8. The standard InChI is InChI=1S/C22H32N4O5S/c1-3-25-8-4-5-17(25)13-23-22(28)16-6-9-26(10-7-16)32(29,30)20-12-19-18(11-15(20)2)24-21(27)14-31-19/h11-12,16-17H,3-10,13-14H2,1-2H3,(H,23,28)(H,24,27)/t17-/m0/s1. The lowest BCUT2D eigenvalue weighted by Crippen LogP contribution is -2.46. The second-order valence-electron chi connectivity index (χ2n) is 8.80. The molecule has 0 spiro atoms. The van der Waals surface area contributed by atoms with Crippen molar-refractivity contribution >= 4 is 27.5 Å². The van der Waals surface area contributed by atoms with Gasteiger partial charge >= 0.3 is 0 Å². The van der Waals surface area contributed by atoms with Gasteiger partial charge in [0.1, 0.15) is 5.75 Å². The van der Waals surface area contributed by atoms with Crippen molar-refractivity contribution in [1.82, 2.24) is 14.5 Å². The van der Waals surface area contributed by atoms with Crippen molar-refractivity contribution < 1.29 is 22.7 Å². The van der Waals surface area contributed by atoms with E-state index in [1.807, 2.05) is 0 Å². The Morgan fingerprint density at radius 3 is 2.69 bits per heavy atom. The van der Waals surface area contributed by atoms with Gasteiger partial charge in [0.05, 0.1) is 10.6 Å². The molecule has 1 aromatic rings. The van der Waals surface area contributed by atoms with Gasteiger partial charge < -0.3 is 15.4 Å². The number of amides is 2. The first-order chi connectivity index (χ1) is 15.3. The van der Waals surface area contributed by atoms with E-state index in [0.29, 0.717) is 55.5 Å². The monoisotopic (exact) mass is 464 g/mol. The van der Waals surface area contributed by atoms with Crippen molar-refractivity contribution in [2.45, 2.75) is 50.5 Å². The number of nitrogens with one attached hydrogen (secondary N) is 2. The van der Waals surface area contributed by atoms with Crippen LogP contribution in [0.5, 0.6) is 5.75 Å². The van der Waals surface area contributed by atoms with E-state index in [1.54, 1.807) is 13.0 Å². The average molecular weight is 465 g/mol. The maximum absolute atomic E-state index is 13.3. The van der Waals surface area contributed by atoms with Gasteiger partial charge in [-0.25, -0.2) is 8.42 Å². The molecule has 176 valence electrons. The van der Waals surface area contributed by atoms with E-state index in [2.05, 4.69) is 22.5 Å². The molecule has 32 heavy (non-hydrogen) atoms. The van der Waals surface area contributed by atoms with Gasteiger partial charge in [-0.2, -0.15) is 4.31 Å². The van der Waals surface area contributed by atoms with Crippen LogP contribution in [0.15, 0.2) is 17.0 Å². The zero-order valence-electron chi connectivity index (χ0n) is 18.7. The number of fused-ring (bicyclic) bond motifs is 1. The van der Waals surface area contributed by atoms with Crippen LogP contribution in [0.25, 0.3) is 0 Å². The third-order valence-electron chi connectivity index (χ3n) is 6.77. The number of carbonyl (C=O) groups excluding carboxylic acids is 2. The van der Waals surface area contributed by atoms with E-state index in [-0.39, 0.29) is 29.2 Å². The Kier molecular flexibility index (Phi) is 6.73. The van der Waals surface area contributed by atoms with Gasteiger partial charge in [0, 0.05) is 37.7 Å². The molecular formula is C22H32N4O5S. The van der Waals surface area contributed by atoms with E-state index < -0.39 is 10.0 Å². The van der Waals surface area contributed by atoms with Crippen LogP contribution >= 0.6 is 0 Å². The van der Waals surface area contributed by atoms with Crippen molar-refractivity contribution in [2.75, 3.05) is 44.6 Å². The molecule has 1 aromatic carbocycles. The largest absolute Gasteiger partial charge is 0.482 e. The minimum absolute atomic E-state index is 0.0269. The SMILES string of the molecule is CCN1CCC[C@H]1CNC(=O)C1CCN(S(=O)(=O)c2cc3c(cc2C)NC(=O)CO3)CC1. The number of ether oxygens (including phenoxy) is 1. The van der Waals surface area contributed by atoms with E-state index in [1.165, 1.54) is 16.8 Å². The third kappa shape index (κ3) is 4.62. The van der Waals surface area contributed by atoms with Gasteiger partial charge in [0.2, 0.25) is 15.9 Å². The van der Waals surface area contributed by atoms with Gasteiger partial charge in [0.15, 0.2) is 6.61 Å². The molecule has 0 aliphatic carbocycles. The zero-order valence-corrected chi connectivity index (χ0v) is 19.5. The minimum atomic E-state index is -3.72. The number of aryl methyl sites for hydroxylation is 1. The number of nitrogens with zero attached hydrogens (tertiary/aromatic N) is 2. The predicted molar refractivity (Wildman–Crippen MR) is 120 cm³/mol. The number of hydrogen-bond acceptors (Lipinski definition) is 6. The summed E-state index contributed by atoms with van der Waals surface area (Å²) in [6.07, 6.45) is 3.29. The van der Waals surface area contributed by atoms with Crippen molar-refractivity contribution in [3.8, 4) is 5.75 Å². The fraction of sp³-hybridized carbons (Fsp3) is 0.636. The first kappa shape index (κ1) is 23.0. The summed E-state index contributed by atoms with van der Waals surface area (Å²) in [5.74, 6) is -0.0422. The van der Waals surface area contributed by atoms with Crippen LogP contribution in [0.1, 0.15) is 38.2 Å². The Labute approximate surface area is 189 Å². The van der Waals surface area contributed by atoms with Crippen molar-refractivity contribution in [1.29, 1.82) is 0 Å². The third-order valence-corrected chi connectivity index (χ3v) is 8.81. The van der Waals surface area contributed by atoms with E-state index in [9.17, 15) is 18.0 Å². The second kappa shape index (κ2) is 9.36. The topological polar surface area (TPSA) is 108 Å². The number of rotatable bonds is 6. The van der Waals surface area contributed by atoms with Crippen LogP contribution in [0.3, 0.4) is 0 Å². The van der Waals surface area contributed by atoms with Gasteiger partial charge in [-0.05, 0) is 57.3 Å². The summed E-state index contributed by atoms with van der Waals surface area (Å²) in [6.45, 7) is 7.07. The lowest BCUT2D eigenvalue weighted by Gasteiger charge is -2.32. The molecule has 2 N–H and O–H groups in total. The molecule has 2 saturated heterocycles. The number of likely N-dealkylation sites (tertiary alicyclic amines) is 1. The molecule has 0 radical (unpaired) electrons. The van der Waals surface area contributed by atoms with Crippen LogP contribution in [0.4, 0.5) is 5.69 Å². The molecule has 10 heteroatoms. The number of carbonyl (C=O) groups is 2. The highest BCUT2D eigenvalue weighted by Gasteiger charge is 2.34. The highest BCUT2D eigenvalue weighted by atomic mass is 32.2. The molecule has 0 unspecified atom stereocenters. The summed E-state index contributed by atoms with van der Waals surface area (Å²) in [6, 6.07) is 3.52. The lowest BCUT2D eigenvalue weighted by atomic mass is 9.97. The van der Waals surface area contributed by atoms with Gasteiger partial charge in [-0.15, -0.1) is 0 Å². The highest BCUT2D eigenvalue weighted by Crippen LogP contribution is 2.35. The molecule has 0 bridgehead atoms. The summed E-state index contributed by atoms with van der Waals surface area (Å²) in [4.78, 5) is 26.7. The fourth-order valence-corrected chi connectivity index (χ4v) is 6.59. The maximum Gasteiger partial charge on any atom is 0.262 e. The van der Waals surface area contributed by atoms with Crippen molar-refractivity contribution in [3.63, 3.8) is 0 Å². The Hall–Kier alpha value is -2.17. The maximum atomic E-state index is 13.3. The zero-order chi connectivity index (χ0) is 22.9. The van der Waals surface area contributed by atoms with Gasteiger partial charge in [-0.3, -0.25) is 14.5 Å². The summed E-state index contributed by atoms with van der Waals surface area (Å²) < 4.78 is 33.4. The van der Waals surface area contributed by atoms with Crippen LogP contribution < -0.4 is 15.4 Å². The van der Waals surface area contributed by atoms with E-state index >= 15 is 0 Å². The number of anilines is 1. The molecule has 3 aliphatic rings. The second-order valence-corrected chi connectivity index (χ2v) is 10.7. The number of piperidine rings is 1. The van der Waals surface area contributed by atoms with Gasteiger partial charge in [-0.1, -0.05) is 6.92 Å². The van der Waals surface area contributed by atoms with E-state index in [4.69, 9.17) is 4.74 Å². The number of benzene rings is 1. The minimum Gasteiger partial charge on any atom is -0.482 e. The number of sulfonamides is 1. The summed E-state index contributed by atoms with van der Waals surface area (Å²) in [5, 5.41) is 5.79. The summed E-state index contributed by atoms with van der Waals surface area (Å²) in [7, 11) is -3.72. The lowest BCUT2D eigenvalue weighted by molar-refractivity contribution is -0.126. The molecule has 3 aliphatic heterocycles. The van der Waals surface area contributed by atoms with Crippen LogP contribution in [0, 0.1) is 12.8 Å². The summed E-state index contributed by atoms with van der Waals surface area (Å²) >= 11 is 0. The number of likely N-dealkylation sites (N-methyl/N-ethyl adjacent to an activating group) is 1. The first-order valence-electron chi connectivity index (χ1n) is 11.4. The molecule has 1 atom stereocenters. The Balaban J connectivity index is 1.36.